The van der Waals surface area contributed by atoms with E-state index in [0.29, 0.717) is 11.3 Å². The second-order valence-corrected chi connectivity index (χ2v) is 4.28. The van der Waals surface area contributed by atoms with Gasteiger partial charge in [0.15, 0.2) is 0 Å². The highest BCUT2D eigenvalue weighted by molar-refractivity contribution is 6.06. The smallest absolute Gasteiger partial charge is 0.270 e. The maximum Gasteiger partial charge on any atom is 0.270 e. The van der Waals surface area contributed by atoms with E-state index in [1.807, 2.05) is 6.07 Å². The van der Waals surface area contributed by atoms with Crippen molar-refractivity contribution in [2.75, 3.05) is 12.4 Å². The standard InChI is InChI=1S/C15H11N3O4/c1-22-14-7-6-12(18(20)21)8-13(14)15(19)17-11-4-2-10(9-16)3-5-11/h2-8H,1H3,(H,17,19). The van der Waals surface area contributed by atoms with Crippen LogP contribution in [0.1, 0.15) is 15.9 Å². The van der Waals surface area contributed by atoms with Crippen molar-refractivity contribution in [3.8, 4) is 11.8 Å². The van der Waals surface area contributed by atoms with Crippen molar-refractivity contribution in [1.82, 2.24) is 0 Å². The van der Waals surface area contributed by atoms with Gasteiger partial charge in [0.1, 0.15) is 5.75 Å². The molecule has 0 aromatic heterocycles. The second-order valence-electron chi connectivity index (χ2n) is 4.28. The fourth-order valence-corrected chi connectivity index (χ4v) is 1.81. The summed E-state index contributed by atoms with van der Waals surface area (Å²) in [4.78, 5) is 22.5. The fraction of sp³-hybridized carbons (Fsp3) is 0.0667. The van der Waals surface area contributed by atoms with Gasteiger partial charge in [-0.2, -0.15) is 5.26 Å². The number of hydrogen-bond donors (Lipinski definition) is 1. The summed E-state index contributed by atoms with van der Waals surface area (Å²) in [6.45, 7) is 0. The lowest BCUT2D eigenvalue weighted by Gasteiger charge is -2.09. The molecule has 0 fully saturated rings. The minimum atomic E-state index is -0.585. The number of nitro benzene ring substituents is 1. The Morgan fingerprint density at radius 1 is 1.27 bits per heavy atom. The van der Waals surface area contributed by atoms with Crippen molar-refractivity contribution in [1.29, 1.82) is 5.26 Å². The summed E-state index contributed by atoms with van der Waals surface area (Å²) in [5.41, 5.74) is 0.787. The first-order valence-corrected chi connectivity index (χ1v) is 6.19. The quantitative estimate of drug-likeness (QED) is 0.690. The van der Waals surface area contributed by atoms with Gasteiger partial charge in [-0.1, -0.05) is 0 Å². The predicted octanol–water partition coefficient (Wildman–Crippen LogP) is 2.73. The lowest BCUT2D eigenvalue weighted by Crippen LogP contribution is -2.13. The number of nitriles is 1. The van der Waals surface area contributed by atoms with Crippen LogP contribution >= 0.6 is 0 Å². The Kier molecular flexibility index (Phi) is 4.34. The number of non-ortho nitro benzene ring substituents is 1. The zero-order valence-electron chi connectivity index (χ0n) is 11.6. The van der Waals surface area contributed by atoms with Gasteiger partial charge in [0, 0.05) is 17.8 Å². The van der Waals surface area contributed by atoms with Crippen LogP contribution < -0.4 is 10.1 Å². The van der Waals surface area contributed by atoms with E-state index in [1.54, 1.807) is 24.3 Å². The molecule has 0 radical (unpaired) electrons. The fourth-order valence-electron chi connectivity index (χ4n) is 1.81. The molecule has 2 aromatic carbocycles. The average molecular weight is 297 g/mol. The number of carbonyl (C=O) groups excluding carboxylic acids is 1. The topological polar surface area (TPSA) is 105 Å². The molecule has 0 heterocycles. The molecule has 110 valence electrons. The van der Waals surface area contributed by atoms with Crippen molar-refractivity contribution in [3.63, 3.8) is 0 Å². The number of ether oxygens (including phenoxy) is 1. The summed E-state index contributed by atoms with van der Waals surface area (Å²) in [5.74, 6) is -0.304. The van der Waals surface area contributed by atoms with Crippen molar-refractivity contribution in [3.05, 3.63) is 63.7 Å². The minimum absolute atomic E-state index is 0.0565. The normalized spacial score (nSPS) is 9.64. The van der Waals surface area contributed by atoms with E-state index < -0.39 is 10.8 Å². The van der Waals surface area contributed by atoms with Gasteiger partial charge in [0.2, 0.25) is 0 Å². The van der Waals surface area contributed by atoms with Crippen LogP contribution in [0.3, 0.4) is 0 Å². The van der Waals surface area contributed by atoms with E-state index in [9.17, 15) is 14.9 Å². The van der Waals surface area contributed by atoms with Gasteiger partial charge in [-0.25, -0.2) is 0 Å². The molecule has 0 aliphatic heterocycles. The first-order valence-electron chi connectivity index (χ1n) is 6.19. The first-order chi connectivity index (χ1) is 10.5. The number of benzene rings is 2. The number of anilines is 1. The highest BCUT2D eigenvalue weighted by Gasteiger charge is 2.17. The number of amides is 1. The molecule has 22 heavy (non-hydrogen) atoms. The van der Waals surface area contributed by atoms with Gasteiger partial charge in [0.05, 0.1) is 29.2 Å². The molecule has 1 N–H and O–H groups in total. The maximum atomic E-state index is 12.2. The van der Waals surface area contributed by atoms with Gasteiger partial charge in [-0.3, -0.25) is 14.9 Å². The maximum absolute atomic E-state index is 12.2. The third kappa shape index (κ3) is 3.19. The van der Waals surface area contributed by atoms with E-state index in [2.05, 4.69) is 5.32 Å². The van der Waals surface area contributed by atoms with Crippen LogP contribution in [-0.4, -0.2) is 17.9 Å². The van der Waals surface area contributed by atoms with Crippen molar-refractivity contribution >= 4 is 17.3 Å². The van der Waals surface area contributed by atoms with Crippen LogP contribution in [-0.2, 0) is 0 Å². The molecule has 1 amide bonds. The molecule has 0 atom stereocenters. The number of nitrogens with zero attached hydrogens (tertiary/aromatic N) is 2. The number of nitrogens with one attached hydrogen (secondary N) is 1. The molecule has 2 rings (SSSR count). The predicted molar refractivity (Wildman–Crippen MR) is 78.8 cm³/mol. The number of methoxy groups -OCH3 is 1. The molecule has 7 nitrogen and oxygen atoms in total. The number of rotatable bonds is 4. The van der Waals surface area contributed by atoms with E-state index in [0.717, 1.165) is 6.07 Å². The highest BCUT2D eigenvalue weighted by atomic mass is 16.6. The molecule has 0 aliphatic rings. The number of hydrogen-bond acceptors (Lipinski definition) is 5. The largest absolute Gasteiger partial charge is 0.496 e. The van der Waals surface area contributed by atoms with E-state index in [4.69, 9.17) is 10.00 Å². The van der Waals surface area contributed by atoms with Gasteiger partial charge in [-0.15, -0.1) is 0 Å². The Balaban J connectivity index is 2.29. The molecular formula is C15H11N3O4. The molecule has 0 saturated carbocycles. The van der Waals surface area contributed by atoms with Crippen molar-refractivity contribution < 1.29 is 14.5 Å². The molecule has 7 heteroatoms. The number of nitro groups is 1. The summed E-state index contributed by atoms with van der Waals surface area (Å²) in [6, 6.07) is 12.0. The third-order valence-electron chi connectivity index (χ3n) is 2.91. The van der Waals surface area contributed by atoms with Crippen LogP contribution in [0.5, 0.6) is 5.75 Å². The zero-order valence-corrected chi connectivity index (χ0v) is 11.6. The zero-order chi connectivity index (χ0) is 16.1. The number of carbonyl (C=O) groups is 1. The van der Waals surface area contributed by atoms with Gasteiger partial charge in [-0.05, 0) is 30.3 Å². The SMILES string of the molecule is COc1ccc([N+](=O)[O-])cc1C(=O)Nc1ccc(C#N)cc1. The van der Waals surface area contributed by atoms with Crippen LogP contribution in [0.2, 0.25) is 0 Å². The average Bonchev–Trinajstić information content (AvgIpc) is 2.54. The van der Waals surface area contributed by atoms with Gasteiger partial charge in [0.25, 0.3) is 11.6 Å². The van der Waals surface area contributed by atoms with Crippen LogP contribution in [0, 0.1) is 21.4 Å². The molecule has 0 saturated heterocycles. The Hall–Kier alpha value is -3.40. The molecule has 0 spiro atoms. The van der Waals surface area contributed by atoms with E-state index in [1.165, 1.54) is 19.2 Å². The molecule has 0 aliphatic carbocycles. The monoisotopic (exact) mass is 297 g/mol. The highest BCUT2D eigenvalue weighted by Crippen LogP contribution is 2.25. The first kappa shape index (κ1) is 15.0. The Morgan fingerprint density at radius 2 is 1.95 bits per heavy atom. The molecule has 0 unspecified atom stereocenters. The Bertz CT molecular complexity index is 763. The van der Waals surface area contributed by atoms with E-state index in [-0.39, 0.29) is 17.0 Å². The Labute approximate surface area is 125 Å². The second kappa shape index (κ2) is 6.37. The van der Waals surface area contributed by atoms with Gasteiger partial charge < -0.3 is 10.1 Å². The summed E-state index contributed by atoms with van der Waals surface area (Å²) in [7, 11) is 1.37. The van der Waals surface area contributed by atoms with Crippen molar-refractivity contribution in [2.24, 2.45) is 0 Å². The summed E-state index contributed by atoms with van der Waals surface area (Å²) in [6.07, 6.45) is 0. The molecule has 2 aromatic rings. The van der Waals surface area contributed by atoms with Crippen molar-refractivity contribution in [2.45, 2.75) is 0 Å². The van der Waals surface area contributed by atoms with Gasteiger partial charge >= 0.3 is 0 Å². The lowest BCUT2D eigenvalue weighted by atomic mass is 10.1. The summed E-state index contributed by atoms with van der Waals surface area (Å²) >= 11 is 0. The van der Waals surface area contributed by atoms with Crippen LogP contribution in [0.15, 0.2) is 42.5 Å². The molecule has 0 bridgehead atoms. The van der Waals surface area contributed by atoms with E-state index >= 15 is 0 Å². The summed E-state index contributed by atoms with van der Waals surface area (Å²) < 4.78 is 5.05. The van der Waals surface area contributed by atoms with Crippen LogP contribution in [0.4, 0.5) is 11.4 Å². The summed E-state index contributed by atoms with van der Waals surface area (Å²) in [5, 5.41) is 22.1. The molecular weight excluding hydrogens is 286 g/mol. The van der Waals surface area contributed by atoms with Crippen LogP contribution in [0.25, 0.3) is 0 Å². The third-order valence-corrected chi connectivity index (χ3v) is 2.91. The Morgan fingerprint density at radius 3 is 2.50 bits per heavy atom. The lowest BCUT2D eigenvalue weighted by molar-refractivity contribution is -0.384. The minimum Gasteiger partial charge on any atom is -0.496 e.